The molecule has 1 aliphatic heterocycles. The number of ether oxygens (including phenoxy) is 1. The number of nitrogens with two attached hydrogens (primary N) is 1. The highest BCUT2D eigenvalue weighted by molar-refractivity contribution is 5.89. The quantitative estimate of drug-likeness (QED) is 0.515. The molecule has 1 aromatic carbocycles. The maximum Gasteiger partial charge on any atom is 0.270 e. The van der Waals surface area contributed by atoms with Gasteiger partial charge in [0, 0.05) is 36.5 Å². The molecule has 3 rings (SSSR count). The molecule has 1 fully saturated rings. The van der Waals surface area contributed by atoms with Crippen LogP contribution in [0.15, 0.2) is 29.5 Å². The van der Waals surface area contributed by atoms with E-state index in [1.807, 2.05) is 6.92 Å². The highest BCUT2D eigenvalue weighted by Gasteiger charge is 2.17. The van der Waals surface area contributed by atoms with Crippen LogP contribution in [0, 0.1) is 17.0 Å². The van der Waals surface area contributed by atoms with Crippen molar-refractivity contribution in [3.05, 3.63) is 45.8 Å². The van der Waals surface area contributed by atoms with Gasteiger partial charge in [-0.3, -0.25) is 10.1 Å². The van der Waals surface area contributed by atoms with Crippen LogP contribution in [0.4, 0.5) is 17.3 Å². The van der Waals surface area contributed by atoms with Crippen LogP contribution in [0.25, 0.3) is 0 Å². The van der Waals surface area contributed by atoms with Crippen LogP contribution in [-0.2, 0) is 4.74 Å². The predicted molar refractivity (Wildman–Crippen MR) is 90.5 cm³/mol. The minimum absolute atomic E-state index is 0.0169. The van der Waals surface area contributed by atoms with Crippen molar-refractivity contribution in [2.75, 3.05) is 36.9 Å². The van der Waals surface area contributed by atoms with Gasteiger partial charge in [0.05, 0.1) is 36.2 Å². The van der Waals surface area contributed by atoms with Crippen LogP contribution in [0.5, 0.6) is 0 Å². The summed E-state index contributed by atoms with van der Waals surface area (Å²) in [4.78, 5) is 16.8. The molecule has 0 unspecified atom stereocenters. The molecule has 0 aliphatic carbocycles. The van der Waals surface area contributed by atoms with Crippen LogP contribution < -0.4 is 10.6 Å². The normalized spacial score (nSPS) is 15.1. The molecule has 2 aromatic rings. The molecule has 2 N–H and O–H groups in total. The fourth-order valence-electron chi connectivity index (χ4n) is 2.57. The van der Waals surface area contributed by atoms with Crippen LogP contribution >= 0.6 is 0 Å². The lowest BCUT2D eigenvalue weighted by molar-refractivity contribution is -0.384. The Morgan fingerprint density at radius 2 is 2.17 bits per heavy atom. The van der Waals surface area contributed by atoms with Gasteiger partial charge < -0.3 is 15.4 Å². The van der Waals surface area contributed by atoms with Gasteiger partial charge in [-0.15, -0.1) is 0 Å². The van der Waals surface area contributed by atoms with Crippen LogP contribution in [0.1, 0.15) is 11.3 Å². The summed E-state index contributed by atoms with van der Waals surface area (Å²) in [6, 6.07) is 4.75. The van der Waals surface area contributed by atoms with Crippen molar-refractivity contribution in [3.63, 3.8) is 0 Å². The van der Waals surface area contributed by atoms with E-state index >= 15 is 0 Å². The maximum atomic E-state index is 11.1. The Hall–Kier alpha value is -2.94. The number of nitro benzene ring substituents is 1. The van der Waals surface area contributed by atoms with Crippen LogP contribution in [0.2, 0.25) is 0 Å². The topological polar surface area (TPSA) is 112 Å². The van der Waals surface area contributed by atoms with Crippen molar-refractivity contribution in [2.24, 2.45) is 5.10 Å². The predicted octanol–water partition coefficient (Wildman–Crippen LogP) is 1.40. The average molecular weight is 330 g/mol. The highest BCUT2D eigenvalue weighted by Crippen LogP contribution is 2.25. The molecule has 2 heterocycles. The molecule has 0 saturated carbocycles. The number of aromatic nitrogens is 2. The number of aryl methyl sites for hydroxylation is 1. The largest absolute Gasteiger partial charge is 0.378 e. The number of hydrogen-bond donors (Lipinski definition) is 1. The van der Waals surface area contributed by atoms with E-state index in [1.165, 1.54) is 16.8 Å². The molecule has 0 amide bonds. The van der Waals surface area contributed by atoms with Gasteiger partial charge in [0.25, 0.3) is 5.69 Å². The molecule has 0 radical (unpaired) electrons. The molecular formula is C15H18N6O3. The third-order valence-electron chi connectivity index (χ3n) is 3.73. The molecule has 24 heavy (non-hydrogen) atoms. The van der Waals surface area contributed by atoms with Gasteiger partial charge in [0.1, 0.15) is 0 Å². The van der Waals surface area contributed by atoms with Gasteiger partial charge in [-0.1, -0.05) is 0 Å². The molecular weight excluding hydrogens is 312 g/mol. The Morgan fingerprint density at radius 1 is 1.42 bits per heavy atom. The first kappa shape index (κ1) is 15.9. The minimum Gasteiger partial charge on any atom is -0.378 e. The van der Waals surface area contributed by atoms with E-state index in [4.69, 9.17) is 10.5 Å². The number of nitrogen functional groups attached to an aromatic ring is 1. The number of nitrogens with zero attached hydrogens (tertiary/aromatic N) is 5. The van der Waals surface area contributed by atoms with Crippen molar-refractivity contribution >= 4 is 23.5 Å². The molecule has 0 bridgehead atoms. The summed E-state index contributed by atoms with van der Waals surface area (Å²) in [6.07, 6.45) is 3.26. The standard InChI is InChI=1S/C15H18N6O3/c1-11-10-20(15(16)18-11)17-9-12-8-13(21(22)23)2-3-14(12)19-4-6-24-7-5-19/h2-3,8-10H,4-7H2,1H3,(H2,16,18). The first-order valence-corrected chi connectivity index (χ1v) is 7.51. The number of anilines is 2. The van der Waals surface area contributed by atoms with E-state index in [0.29, 0.717) is 18.8 Å². The summed E-state index contributed by atoms with van der Waals surface area (Å²) >= 11 is 0. The fraction of sp³-hybridized carbons (Fsp3) is 0.333. The molecule has 0 atom stereocenters. The van der Waals surface area contributed by atoms with E-state index in [0.717, 1.165) is 24.5 Å². The monoisotopic (exact) mass is 330 g/mol. The number of hydrogen-bond acceptors (Lipinski definition) is 7. The van der Waals surface area contributed by atoms with E-state index in [-0.39, 0.29) is 11.6 Å². The minimum atomic E-state index is -0.420. The summed E-state index contributed by atoms with van der Waals surface area (Å²) in [6.45, 7) is 4.52. The Labute approximate surface area is 138 Å². The summed E-state index contributed by atoms with van der Waals surface area (Å²) in [5.41, 5.74) is 8.06. The zero-order valence-electron chi connectivity index (χ0n) is 13.3. The number of non-ortho nitro benzene ring substituents is 1. The van der Waals surface area contributed by atoms with Gasteiger partial charge in [-0.05, 0) is 13.0 Å². The maximum absolute atomic E-state index is 11.1. The van der Waals surface area contributed by atoms with E-state index in [2.05, 4.69) is 15.0 Å². The number of rotatable bonds is 4. The van der Waals surface area contributed by atoms with Crippen molar-refractivity contribution in [1.82, 2.24) is 9.66 Å². The summed E-state index contributed by atoms with van der Waals surface area (Å²) in [5, 5.41) is 15.3. The van der Waals surface area contributed by atoms with E-state index < -0.39 is 4.92 Å². The first-order valence-electron chi connectivity index (χ1n) is 7.51. The van der Waals surface area contributed by atoms with Crippen LogP contribution in [0.3, 0.4) is 0 Å². The zero-order chi connectivity index (χ0) is 17.1. The average Bonchev–Trinajstić information content (AvgIpc) is 2.91. The Kier molecular flexibility index (Phi) is 4.43. The lowest BCUT2D eigenvalue weighted by Crippen LogP contribution is -2.36. The third-order valence-corrected chi connectivity index (χ3v) is 3.73. The number of imidazole rings is 1. The van der Waals surface area contributed by atoms with E-state index in [9.17, 15) is 10.1 Å². The Bertz CT molecular complexity index is 780. The number of morpholine rings is 1. The van der Waals surface area contributed by atoms with Gasteiger partial charge in [0.15, 0.2) is 0 Å². The molecule has 1 aromatic heterocycles. The second kappa shape index (κ2) is 6.67. The molecule has 1 saturated heterocycles. The second-order valence-corrected chi connectivity index (χ2v) is 5.43. The van der Waals surface area contributed by atoms with Gasteiger partial charge >= 0.3 is 0 Å². The Balaban J connectivity index is 1.97. The fourth-order valence-corrected chi connectivity index (χ4v) is 2.57. The molecule has 9 heteroatoms. The number of benzene rings is 1. The highest BCUT2D eigenvalue weighted by atomic mass is 16.6. The van der Waals surface area contributed by atoms with Crippen molar-refractivity contribution < 1.29 is 9.66 Å². The smallest absolute Gasteiger partial charge is 0.270 e. The lowest BCUT2D eigenvalue weighted by Gasteiger charge is -2.29. The van der Waals surface area contributed by atoms with Crippen molar-refractivity contribution in [3.8, 4) is 0 Å². The third kappa shape index (κ3) is 3.35. The lowest BCUT2D eigenvalue weighted by atomic mass is 10.1. The van der Waals surface area contributed by atoms with E-state index in [1.54, 1.807) is 18.5 Å². The summed E-state index contributed by atoms with van der Waals surface area (Å²) < 4.78 is 6.80. The first-order chi connectivity index (χ1) is 11.5. The SMILES string of the molecule is Cc1cn(N=Cc2cc([N+](=O)[O-])ccc2N2CCOCC2)c(N)n1. The van der Waals surface area contributed by atoms with Crippen molar-refractivity contribution in [2.45, 2.75) is 6.92 Å². The summed E-state index contributed by atoms with van der Waals surface area (Å²) in [7, 11) is 0. The Morgan fingerprint density at radius 3 is 2.79 bits per heavy atom. The zero-order valence-corrected chi connectivity index (χ0v) is 13.3. The van der Waals surface area contributed by atoms with Crippen molar-refractivity contribution in [1.29, 1.82) is 0 Å². The molecule has 9 nitrogen and oxygen atoms in total. The van der Waals surface area contributed by atoms with Gasteiger partial charge in [-0.25, -0.2) is 9.66 Å². The van der Waals surface area contributed by atoms with Gasteiger partial charge in [-0.2, -0.15) is 5.10 Å². The van der Waals surface area contributed by atoms with Crippen LogP contribution in [-0.4, -0.2) is 47.1 Å². The molecule has 1 aliphatic rings. The van der Waals surface area contributed by atoms with Gasteiger partial charge in [0.2, 0.25) is 5.95 Å². The molecule has 0 spiro atoms. The second-order valence-electron chi connectivity index (χ2n) is 5.43. The summed E-state index contributed by atoms with van der Waals surface area (Å²) in [5.74, 6) is 0.266. The number of nitro groups is 1. The molecule has 126 valence electrons.